The quantitative estimate of drug-likeness (QED) is 0.720. The largest absolute Gasteiger partial charge is 0.354 e. The number of hydrogen-bond donors (Lipinski definition) is 1. The van der Waals surface area contributed by atoms with Gasteiger partial charge in [-0.05, 0) is 30.9 Å². The second-order valence-corrected chi connectivity index (χ2v) is 3.17. The van der Waals surface area contributed by atoms with Gasteiger partial charge in [0.2, 0.25) is 5.91 Å². The summed E-state index contributed by atoms with van der Waals surface area (Å²) in [5.74, 6) is 0.0104. The Bertz CT molecular complexity index is 272. The highest BCUT2D eigenvalue weighted by molar-refractivity contribution is 5.75. The zero-order chi connectivity index (χ0) is 10.2. The van der Waals surface area contributed by atoms with Gasteiger partial charge >= 0.3 is 0 Å². The van der Waals surface area contributed by atoms with E-state index in [2.05, 4.69) is 23.4 Å². The molecule has 1 amide bonds. The minimum Gasteiger partial charge on any atom is -0.354 e. The van der Waals surface area contributed by atoms with E-state index >= 15 is 0 Å². The molecular weight excluding hydrogens is 176 g/mol. The third kappa shape index (κ3) is 4.03. The van der Waals surface area contributed by atoms with Crippen molar-refractivity contribution in [3.63, 3.8) is 0 Å². The van der Waals surface area contributed by atoms with Gasteiger partial charge in [-0.25, -0.2) is 0 Å². The van der Waals surface area contributed by atoms with Gasteiger partial charge in [0.25, 0.3) is 0 Å². The lowest BCUT2D eigenvalue weighted by Crippen LogP contribution is -2.14. The van der Waals surface area contributed by atoms with Crippen LogP contribution in [0.4, 0.5) is 0 Å². The Hall–Kier alpha value is -1.38. The first-order valence-corrected chi connectivity index (χ1v) is 4.78. The van der Waals surface area contributed by atoms with Crippen LogP contribution in [0.25, 0.3) is 0 Å². The highest BCUT2D eigenvalue weighted by Crippen LogP contribution is 2.04. The third-order valence-electron chi connectivity index (χ3n) is 2.04. The van der Waals surface area contributed by atoms with Gasteiger partial charge in [-0.15, -0.1) is 0 Å². The zero-order valence-electron chi connectivity index (χ0n) is 8.20. The summed E-state index contributed by atoms with van der Waals surface area (Å²) in [6.45, 7) is 0. The van der Waals surface area contributed by atoms with Crippen LogP contribution in [0.3, 0.4) is 0 Å². The van der Waals surface area contributed by atoms with Crippen LogP contribution in [0.1, 0.15) is 24.8 Å². The molecule has 75 valence electrons. The lowest BCUT2D eigenvalue weighted by atomic mass is 10.1. The summed E-state index contributed by atoms with van der Waals surface area (Å²) in [7, 11) is 3.31. The van der Waals surface area contributed by atoms with E-state index in [1.54, 1.807) is 6.20 Å². The average Bonchev–Trinajstić information content (AvgIpc) is 2.25. The van der Waals surface area contributed by atoms with Crippen molar-refractivity contribution in [3.8, 4) is 0 Å². The Labute approximate surface area is 84.6 Å². The standard InChI is InChI=1S/C11H15N2O/c1-12-11(14)7-3-2-5-10-6-4-8-13-9-10/h4,6,8-9H,1-3,5,7H2,(H,12,14). The molecule has 0 spiro atoms. The molecule has 1 rings (SSSR count). The van der Waals surface area contributed by atoms with Gasteiger partial charge in [-0.1, -0.05) is 6.07 Å². The fourth-order valence-corrected chi connectivity index (χ4v) is 1.25. The molecule has 1 aromatic rings. The average molecular weight is 191 g/mol. The number of hydrogen-bond acceptors (Lipinski definition) is 2. The Morgan fingerprint density at radius 3 is 3.00 bits per heavy atom. The van der Waals surface area contributed by atoms with Crippen LogP contribution in [0.5, 0.6) is 0 Å². The first-order valence-electron chi connectivity index (χ1n) is 4.78. The number of aryl methyl sites for hydroxylation is 1. The van der Waals surface area contributed by atoms with E-state index in [9.17, 15) is 4.79 Å². The summed E-state index contributed by atoms with van der Waals surface area (Å²) in [5.41, 5.74) is 1.22. The van der Waals surface area contributed by atoms with Crippen molar-refractivity contribution in [2.45, 2.75) is 25.7 Å². The maximum absolute atomic E-state index is 10.8. The summed E-state index contributed by atoms with van der Waals surface area (Å²) >= 11 is 0. The topological polar surface area (TPSA) is 42.0 Å². The summed E-state index contributed by atoms with van der Waals surface area (Å²) in [4.78, 5) is 14.9. The maximum Gasteiger partial charge on any atom is 0.220 e. The normalized spacial score (nSPS) is 9.79. The van der Waals surface area contributed by atoms with E-state index in [1.807, 2.05) is 12.3 Å². The molecule has 14 heavy (non-hydrogen) atoms. The van der Waals surface area contributed by atoms with Crippen molar-refractivity contribution in [2.24, 2.45) is 0 Å². The van der Waals surface area contributed by atoms with Gasteiger partial charge < -0.3 is 5.32 Å². The monoisotopic (exact) mass is 191 g/mol. The second kappa shape index (κ2) is 6.13. The number of carbonyl (C=O) groups is 1. The van der Waals surface area contributed by atoms with Gasteiger partial charge in [0.05, 0.1) is 0 Å². The van der Waals surface area contributed by atoms with Gasteiger partial charge in [0.1, 0.15) is 0 Å². The van der Waals surface area contributed by atoms with E-state index in [1.165, 1.54) is 5.56 Å². The lowest BCUT2D eigenvalue weighted by Gasteiger charge is -2.00. The molecule has 1 aromatic heterocycles. The van der Waals surface area contributed by atoms with Gasteiger partial charge in [0.15, 0.2) is 0 Å². The smallest absolute Gasteiger partial charge is 0.220 e. The molecule has 0 unspecified atom stereocenters. The summed E-state index contributed by atoms with van der Waals surface area (Å²) in [5, 5.41) is 2.36. The van der Waals surface area contributed by atoms with Gasteiger partial charge in [0, 0.05) is 25.9 Å². The lowest BCUT2D eigenvalue weighted by molar-refractivity contribution is -0.120. The van der Waals surface area contributed by atoms with Crippen LogP contribution in [0.2, 0.25) is 0 Å². The number of carbonyl (C=O) groups excluding carboxylic acids is 1. The van der Waals surface area contributed by atoms with Crippen molar-refractivity contribution in [3.05, 3.63) is 37.1 Å². The number of aromatic nitrogens is 1. The van der Waals surface area contributed by atoms with Crippen molar-refractivity contribution in [1.82, 2.24) is 10.3 Å². The predicted octanol–water partition coefficient (Wildman–Crippen LogP) is 1.70. The number of nitrogens with zero attached hydrogens (tertiary/aromatic N) is 1. The molecule has 1 heterocycles. The number of unbranched alkanes of at least 4 members (excludes halogenated alkanes) is 1. The molecule has 0 atom stereocenters. The molecule has 1 N–H and O–H groups in total. The van der Waals surface area contributed by atoms with Crippen LogP contribution >= 0.6 is 0 Å². The van der Waals surface area contributed by atoms with E-state index in [-0.39, 0.29) is 5.91 Å². The first-order chi connectivity index (χ1) is 6.83. The van der Waals surface area contributed by atoms with E-state index in [0.717, 1.165) is 19.3 Å². The second-order valence-electron chi connectivity index (χ2n) is 3.17. The Morgan fingerprint density at radius 2 is 2.36 bits per heavy atom. The fraction of sp³-hybridized carbons (Fsp3) is 0.364. The Kier molecular flexibility index (Phi) is 4.69. The minimum atomic E-state index is 0.0104. The van der Waals surface area contributed by atoms with E-state index in [4.69, 9.17) is 0 Å². The summed E-state index contributed by atoms with van der Waals surface area (Å²) in [6, 6.07) is 3.98. The molecule has 0 aliphatic carbocycles. The third-order valence-corrected chi connectivity index (χ3v) is 2.04. The van der Waals surface area contributed by atoms with Gasteiger partial charge in [-0.3, -0.25) is 9.78 Å². The summed E-state index contributed by atoms with van der Waals surface area (Å²) in [6.07, 6.45) is 7.08. The molecule has 0 aliphatic heterocycles. The van der Waals surface area contributed by atoms with Crippen molar-refractivity contribution >= 4 is 5.91 Å². The molecule has 0 aliphatic rings. The van der Waals surface area contributed by atoms with Crippen LogP contribution < -0.4 is 5.32 Å². The SMILES string of the molecule is [CH2]NC(=O)CCCCc1cccnc1. The highest BCUT2D eigenvalue weighted by atomic mass is 16.1. The van der Waals surface area contributed by atoms with Crippen LogP contribution in [-0.4, -0.2) is 10.9 Å². The van der Waals surface area contributed by atoms with Gasteiger partial charge in [-0.2, -0.15) is 0 Å². The number of nitrogens with one attached hydrogen (secondary N) is 1. The predicted molar refractivity (Wildman–Crippen MR) is 55.3 cm³/mol. The molecular formula is C11H15N2O. The first kappa shape index (κ1) is 10.7. The Morgan fingerprint density at radius 1 is 1.50 bits per heavy atom. The van der Waals surface area contributed by atoms with Crippen LogP contribution in [0.15, 0.2) is 24.5 Å². The summed E-state index contributed by atoms with van der Waals surface area (Å²) < 4.78 is 0. The van der Waals surface area contributed by atoms with Crippen molar-refractivity contribution in [2.75, 3.05) is 0 Å². The molecule has 0 fully saturated rings. The molecule has 3 heteroatoms. The van der Waals surface area contributed by atoms with Crippen LogP contribution in [-0.2, 0) is 11.2 Å². The van der Waals surface area contributed by atoms with E-state index < -0.39 is 0 Å². The molecule has 0 aromatic carbocycles. The Balaban J connectivity index is 2.13. The number of rotatable bonds is 5. The number of amides is 1. The highest BCUT2D eigenvalue weighted by Gasteiger charge is 1.97. The molecule has 3 nitrogen and oxygen atoms in total. The zero-order valence-corrected chi connectivity index (χ0v) is 8.20. The van der Waals surface area contributed by atoms with Crippen molar-refractivity contribution < 1.29 is 4.79 Å². The fourth-order valence-electron chi connectivity index (χ4n) is 1.25. The van der Waals surface area contributed by atoms with Crippen LogP contribution in [0, 0.1) is 7.05 Å². The maximum atomic E-state index is 10.8. The molecule has 0 saturated heterocycles. The van der Waals surface area contributed by atoms with Crippen molar-refractivity contribution in [1.29, 1.82) is 0 Å². The minimum absolute atomic E-state index is 0.0104. The molecule has 0 bridgehead atoms. The van der Waals surface area contributed by atoms with E-state index in [0.29, 0.717) is 6.42 Å². The number of pyridine rings is 1. The molecule has 1 radical (unpaired) electrons. The molecule has 0 saturated carbocycles.